The number of halogens is 1. The van der Waals surface area contributed by atoms with Gasteiger partial charge in [-0.25, -0.2) is 9.78 Å². The number of fused-ring (bicyclic) bond motifs is 2. The third kappa shape index (κ3) is 10.5. The van der Waals surface area contributed by atoms with Crippen molar-refractivity contribution in [2.24, 2.45) is 5.73 Å². The van der Waals surface area contributed by atoms with Crippen LogP contribution in [-0.2, 0) is 18.3 Å². The van der Waals surface area contributed by atoms with E-state index < -0.39 is 11.9 Å². The Bertz CT molecular complexity index is 1960. The Balaban J connectivity index is 0.000000282. The summed E-state index contributed by atoms with van der Waals surface area (Å²) < 4.78 is 45.2. The minimum atomic E-state index is -0.734. The summed E-state index contributed by atoms with van der Waals surface area (Å²) >= 11 is 4.50. The van der Waals surface area contributed by atoms with E-state index in [9.17, 15) is 9.59 Å². The Hall–Kier alpha value is -6.05. The molecular formula is C32H26ClN5O10. The fraction of sp³-hybridized carbons (Fsp3) is 0.125. The Morgan fingerprint density at radius 1 is 0.708 bits per heavy atom. The molecule has 0 bridgehead atoms. The van der Waals surface area contributed by atoms with Crippen LogP contribution in [0.3, 0.4) is 0 Å². The van der Waals surface area contributed by atoms with Gasteiger partial charge in [0.05, 0.1) is 50.9 Å². The van der Waals surface area contributed by atoms with E-state index in [0.29, 0.717) is 45.2 Å². The SMILES string of the molecule is COC(=O)c1nc2c(Oc3ccc(C)cc3)cncc2o1.COCl.Cc1ccc(Oc2cncc3oc(C(N)=O)nc23)cc1.[C-]#[O+].[C-]#[O+]. The van der Waals surface area contributed by atoms with Crippen LogP contribution in [0.5, 0.6) is 23.0 Å². The van der Waals surface area contributed by atoms with Crippen LogP contribution in [0.4, 0.5) is 0 Å². The van der Waals surface area contributed by atoms with Gasteiger partial charge in [0, 0.05) is 0 Å². The second-order valence-corrected chi connectivity index (χ2v) is 9.16. The molecule has 0 aliphatic rings. The summed E-state index contributed by atoms with van der Waals surface area (Å²) in [5.74, 6) is 0.440. The number of nitrogens with zero attached hydrogens (tertiary/aromatic N) is 4. The number of aryl methyl sites for hydroxylation is 2. The van der Waals surface area contributed by atoms with E-state index in [4.69, 9.17) is 33.3 Å². The van der Waals surface area contributed by atoms with E-state index in [1.165, 1.54) is 39.0 Å². The molecule has 0 spiro atoms. The topological polar surface area (TPSA) is 215 Å². The van der Waals surface area contributed by atoms with Gasteiger partial charge in [-0.1, -0.05) is 35.4 Å². The van der Waals surface area contributed by atoms with E-state index >= 15 is 0 Å². The number of ether oxygens (including phenoxy) is 3. The normalized spacial score (nSPS) is 9.52. The van der Waals surface area contributed by atoms with Crippen molar-refractivity contribution >= 4 is 45.9 Å². The monoisotopic (exact) mass is 675 g/mol. The van der Waals surface area contributed by atoms with Gasteiger partial charge in [-0.05, 0) is 38.1 Å². The summed E-state index contributed by atoms with van der Waals surface area (Å²) in [4.78, 5) is 38.6. The molecule has 4 heterocycles. The summed E-state index contributed by atoms with van der Waals surface area (Å²) in [6, 6.07) is 15.1. The molecule has 0 aliphatic carbocycles. The van der Waals surface area contributed by atoms with Crippen molar-refractivity contribution in [1.82, 2.24) is 19.9 Å². The fourth-order valence-electron chi connectivity index (χ4n) is 3.56. The number of methoxy groups -OCH3 is 1. The molecule has 2 N–H and O–H groups in total. The number of carbonyl (C=O) groups is 2. The Labute approximate surface area is 278 Å². The molecule has 2 aromatic carbocycles. The van der Waals surface area contributed by atoms with Crippen LogP contribution in [0.25, 0.3) is 22.2 Å². The van der Waals surface area contributed by atoms with Crippen LogP contribution in [0.2, 0.25) is 0 Å². The first-order valence-corrected chi connectivity index (χ1v) is 13.4. The predicted octanol–water partition coefficient (Wildman–Crippen LogP) is 6.24. The molecule has 0 unspecified atom stereocenters. The van der Waals surface area contributed by atoms with Crippen LogP contribution in [0, 0.1) is 27.1 Å². The zero-order valence-corrected chi connectivity index (χ0v) is 26.5. The molecule has 6 aromatic rings. The van der Waals surface area contributed by atoms with Crippen molar-refractivity contribution in [3.63, 3.8) is 0 Å². The van der Waals surface area contributed by atoms with Gasteiger partial charge >= 0.3 is 40.4 Å². The summed E-state index contributed by atoms with van der Waals surface area (Å²) in [7, 11) is 2.65. The number of oxazole rings is 2. The van der Waals surface area contributed by atoms with E-state index in [2.05, 4.69) is 54.1 Å². The van der Waals surface area contributed by atoms with Gasteiger partial charge in [0.25, 0.3) is 5.89 Å². The molecule has 15 nitrogen and oxygen atoms in total. The van der Waals surface area contributed by atoms with Gasteiger partial charge in [0.15, 0.2) is 33.7 Å². The Kier molecular flexibility index (Phi) is 15.5. The van der Waals surface area contributed by atoms with Crippen molar-refractivity contribution in [2.75, 3.05) is 14.2 Å². The second-order valence-electron chi connectivity index (χ2n) is 8.85. The van der Waals surface area contributed by atoms with Gasteiger partial charge < -0.3 is 28.8 Å². The molecule has 246 valence electrons. The zero-order valence-electron chi connectivity index (χ0n) is 25.8. The molecule has 1 amide bonds. The van der Waals surface area contributed by atoms with Crippen molar-refractivity contribution < 1.29 is 46.2 Å². The molecule has 0 saturated carbocycles. The summed E-state index contributed by atoms with van der Waals surface area (Å²) in [6.07, 6.45) is 5.95. The number of primary amides is 1. The number of aromatic nitrogens is 4. The first kappa shape index (κ1) is 38.1. The standard InChI is InChI=1S/C15H12N2O4.C14H11N3O3.CH3ClO.2CO/c1-9-3-5-10(6-4-9)20-11-7-16-8-12-13(11)17-14(21-12)15(18)19-2;1-8-2-4-9(5-3-8)19-10-6-16-7-11-12(10)17-14(20-11)13(15)18;1-3-2;2*1-2/h3-8H,1-2H3;2-7H,1H3,(H2,15,18);1H3;;. The van der Waals surface area contributed by atoms with Crippen molar-refractivity contribution in [2.45, 2.75) is 13.8 Å². The molecule has 48 heavy (non-hydrogen) atoms. The molecular weight excluding hydrogens is 650 g/mol. The molecule has 0 aliphatic heterocycles. The molecule has 4 aromatic heterocycles. The van der Waals surface area contributed by atoms with Gasteiger partial charge in [0.2, 0.25) is 0 Å². The molecule has 0 fully saturated rings. The van der Waals surface area contributed by atoms with Crippen LogP contribution in [0.15, 0.2) is 82.2 Å². The van der Waals surface area contributed by atoms with Crippen LogP contribution in [-0.4, -0.2) is 46.0 Å². The van der Waals surface area contributed by atoms with Crippen molar-refractivity contribution in [3.8, 4) is 23.0 Å². The average Bonchev–Trinajstić information content (AvgIpc) is 3.76. The number of esters is 1. The average molecular weight is 676 g/mol. The molecule has 0 saturated heterocycles. The van der Waals surface area contributed by atoms with Gasteiger partial charge in [-0.3, -0.25) is 19.1 Å². The summed E-state index contributed by atoms with van der Waals surface area (Å²) in [5.41, 5.74) is 8.95. The van der Waals surface area contributed by atoms with Crippen LogP contribution < -0.4 is 15.2 Å². The summed E-state index contributed by atoms with van der Waals surface area (Å²) in [5, 5.41) is 0. The van der Waals surface area contributed by atoms with E-state index in [1.54, 1.807) is 0 Å². The van der Waals surface area contributed by atoms with Gasteiger partial charge in [-0.2, -0.15) is 4.98 Å². The maximum absolute atomic E-state index is 11.5. The van der Waals surface area contributed by atoms with Crippen molar-refractivity contribution in [3.05, 3.63) is 110 Å². The minimum absolute atomic E-state index is 0.130. The van der Waals surface area contributed by atoms with Gasteiger partial charge in [0.1, 0.15) is 11.5 Å². The number of benzene rings is 2. The van der Waals surface area contributed by atoms with E-state index in [0.717, 1.165) is 11.1 Å². The number of hydrogen-bond donors (Lipinski definition) is 1. The molecule has 0 atom stereocenters. The number of hydrogen-bond acceptors (Lipinski definition) is 12. The zero-order chi connectivity index (χ0) is 35.6. The number of rotatable bonds is 6. The fourth-order valence-corrected chi connectivity index (χ4v) is 3.56. The number of carbonyl (C=O) groups excluding carboxylic acids is 2. The van der Waals surface area contributed by atoms with E-state index in [1.807, 2.05) is 62.4 Å². The predicted molar refractivity (Wildman–Crippen MR) is 167 cm³/mol. The third-order valence-electron chi connectivity index (χ3n) is 5.61. The molecule has 16 heteroatoms. The molecule has 6 rings (SSSR count). The number of nitrogens with two attached hydrogens (primary N) is 1. The first-order valence-electron chi connectivity index (χ1n) is 13.1. The quantitative estimate of drug-likeness (QED) is 0.118. The Morgan fingerprint density at radius 2 is 1.08 bits per heavy atom. The van der Waals surface area contributed by atoms with Crippen LogP contribution in [0.1, 0.15) is 32.5 Å². The first-order chi connectivity index (χ1) is 23.2. The van der Waals surface area contributed by atoms with E-state index in [-0.39, 0.29) is 11.8 Å². The van der Waals surface area contributed by atoms with Crippen LogP contribution >= 0.6 is 11.9 Å². The maximum atomic E-state index is 11.5. The van der Waals surface area contributed by atoms with Gasteiger partial charge in [-0.15, -0.1) is 0 Å². The number of amides is 1. The second kappa shape index (κ2) is 19.5. The summed E-state index contributed by atoms with van der Waals surface area (Å²) in [6.45, 7) is 13.0. The Morgan fingerprint density at radius 3 is 1.46 bits per heavy atom. The molecule has 0 radical (unpaired) electrons. The van der Waals surface area contributed by atoms with Crippen molar-refractivity contribution in [1.29, 1.82) is 0 Å². The third-order valence-corrected chi connectivity index (χ3v) is 5.61. The number of pyridine rings is 2.